The Balaban J connectivity index is 1.41. The second kappa shape index (κ2) is 6.80. The predicted octanol–water partition coefficient (Wildman–Crippen LogP) is 1.96. The molecule has 0 radical (unpaired) electrons. The fourth-order valence-corrected chi connectivity index (χ4v) is 2.83. The van der Waals surface area contributed by atoms with E-state index in [0.717, 1.165) is 54.9 Å². The van der Waals surface area contributed by atoms with Crippen molar-refractivity contribution >= 4 is 11.8 Å². The van der Waals surface area contributed by atoms with Gasteiger partial charge in [-0.2, -0.15) is 0 Å². The molecule has 1 aliphatic rings. The van der Waals surface area contributed by atoms with Gasteiger partial charge < -0.3 is 9.80 Å². The zero-order chi connectivity index (χ0) is 17.1. The van der Waals surface area contributed by atoms with Crippen molar-refractivity contribution in [2.24, 2.45) is 0 Å². The molecule has 0 unspecified atom stereocenters. The highest BCUT2D eigenvalue weighted by Crippen LogP contribution is 2.18. The van der Waals surface area contributed by atoms with Crippen molar-refractivity contribution < 1.29 is 0 Å². The van der Waals surface area contributed by atoms with Crippen LogP contribution < -0.4 is 9.80 Å². The first kappa shape index (κ1) is 15.4. The molecule has 0 N–H and O–H groups in total. The van der Waals surface area contributed by atoms with Gasteiger partial charge in [0.25, 0.3) is 0 Å². The highest BCUT2D eigenvalue weighted by molar-refractivity contribution is 5.55. The van der Waals surface area contributed by atoms with E-state index < -0.39 is 0 Å². The molecule has 4 rings (SSSR count). The molecule has 0 aliphatic carbocycles. The highest BCUT2D eigenvalue weighted by Gasteiger charge is 2.20. The van der Waals surface area contributed by atoms with E-state index in [0.29, 0.717) is 0 Å². The Bertz CT molecular complexity index is 810. The number of piperazine rings is 1. The van der Waals surface area contributed by atoms with Crippen LogP contribution in [0.3, 0.4) is 0 Å². The summed E-state index contributed by atoms with van der Waals surface area (Å²) in [6, 6.07) is 9.76. The number of hydrogen-bond acceptors (Lipinski definition) is 7. The van der Waals surface area contributed by atoms with Gasteiger partial charge in [0.05, 0.1) is 5.69 Å². The summed E-state index contributed by atoms with van der Waals surface area (Å²) in [7, 11) is 0. The van der Waals surface area contributed by atoms with Crippen molar-refractivity contribution in [1.82, 2.24) is 25.1 Å². The van der Waals surface area contributed by atoms with E-state index in [2.05, 4.69) is 34.9 Å². The van der Waals surface area contributed by atoms with Crippen molar-refractivity contribution in [3.8, 4) is 11.4 Å². The molecule has 1 aliphatic heterocycles. The molecule has 1 fully saturated rings. The number of aryl methyl sites for hydroxylation is 1. The summed E-state index contributed by atoms with van der Waals surface area (Å²) in [5.74, 6) is 1.69. The van der Waals surface area contributed by atoms with E-state index in [-0.39, 0.29) is 0 Å². The van der Waals surface area contributed by atoms with Crippen LogP contribution in [0.25, 0.3) is 11.4 Å². The minimum atomic E-state index is 0.788. The molecule has 3 aromatic heterocycles. The maximum Gasteiger partial charge on any atom is 0.225 e. The largest absolute Gasteiger partial charge is 0.352 e. The normalized spacial score (nSPS) is 14.6. The van der Waals surface area contributed by atoms with E-state index in [1.807, 2.05) is 49.6 Å². The maximum atomic E-state index is 4.41. The van der Waals surface area contributed by atoms with Gasteiger partial charge in [-0.15, -0.1) is 10.2 Å². The first-order valence-electron chi connectivity index (χ1n) is 8.33. The van der Waals surface area contributed by atoms with Crippen LogP contribution in [0.1, 0.15) is 5.56 Å². The number of anilines is 2. The number of pyridine rings is 1. The second-order valence-electron chi connectivity index (χ2n) is 6.03. The lowest BCUT2D eigenvalue weighted by Crippen LogP contribution is -2.47. The van der Waals surface area contributed by atoms with Crippen LogP contribution in [0.15, 0.2) is 48.9 Å². The Morgan fingerprint density at radius 3 is 2.16 bits per heavy atom. The molecule has 4 heterocycles. The van der Waals surface area contributed by atoms with Gasteiger partial charge in [0, 0.05) is 44.8 Å². The lowest BCUT2D eigenvalue weighted by molar-refractivity contribution is 0.631. The summed E-state index contributed by atoms with van der Waals surface area (Å²) in [6.45, 7) is 5.47. The Kier molecular flexibility index (Phi) is 4.20. The van der Waals surface area contributed by atoms with Crippen molar-refractivity contribution in [2.75, 3.05) is 36.0 Å². The zero-order valence-corrected chi connectivity index (χ0v) is 14.1. The average Bonchev–Trinajstić information content (AvgIpc) is 2.70. The number of aromatic nitrogens is 5. The predicted molar refractivity (Wildman–Crippen MR) is 96.5 cm³/mol. The van der Waals surface area contributed by atoms with Crippen molar-refractivity contribution in [1.29, 1.82) is 0 Å². The van der Waals surface area contributed by atoms with E-state index in [4.69, 9.17) is 0 Å². The van der Waals surface area contributed by atoms with Gasteiger partial charge in [0.1, 0.15) is 5.69 Å². The Labute approximate surface area is 146 Å². The van der Waals surface area contributed by atoms with Gasteiger partial charge >= 0.3 is 0 Å². The van der Waals surface area contributed by atoms with Crippen molar-refractivity contribution in [3.63, 3.8) is 0 Å². The Hall–Kier alpha value is -3.09. The lowest BCUT2D eigenvalue weighted by atomic mass is 10.2. The molecular weight excluding hydrogens is 314 g/mol. The molecule has 0 amide bonds. The van der Waals surface area contributed by atoms with Gasteiger partial charge in [0.2, 0.25) is 5.95 Å². The fraction of sp³-hybridized carbons (Fsp3) is 0.278. The molecular formula is C18H19N7. The monoisotopic (exact) mass is 333 g/mol. The van der Waals surface area contributed by atoms with E-state index in [1.54, 1.807) is 6.20 Å². The molecule has 3 aromatic rings. The number of rotatable bonds is 3. The maximum absolute atomic E-state index is 4.41. The van der Waals surface area contributed by atoms with E-state index in [9.17, 15) is 0 Å². The smallest absolute Gasteiger partial charge is 0.225 e. The third kappa shape index (κ3) is 3.40. The molecule has 0 saturated carbocycles. The SMILES string of the molecule is Cc1cnc(N2CCN(c3ccc(-c4ccccn4)nn3)CC2)nc1. The van der Waals surface area contributed by atoms with Gasteiger partial charge in [-0.3, -0.25) is 4.98 Å². The average molecular weight is 333 g/mol. The van der Waals surface area contributed by atoms with Crippen LogP contribution in [0.5, 0.6) is 0 Å². The first-order valence-corrected chi connectivity index (χ1v) is 8.33. The summed E-state index contributed by atoms with van der Waals surface area (Å²) in [6.07, 6.45) is 5.48. The van der Waals surface area contributed by atoms with Crippen LogP contribution in [-0.2, 0) is 0 Å². The molecule has 0 spiro atoms. The molecule has 126 valence electrons. The van der Waals surface area contributed by atoms with Crippen LogP contribution in [-0.4, -0.2) is 51.3 Å². The van der Waals surface area contributed by atoms with Gasteiger partial charge in [-0.1, -0.05) is 6.07 Å². The minimum absolute atomic E-state index is 0.788. The topological polar surface area (TPSA) is 70.9 Å². The third-order valence-corrected chi connectivity index (χ3v) is 4.23. The molecule has 7 nitrogen and oxygen atoms in total. The van der Waals surface area contributed by atoms with Crippen LogP contribution in [0, 0.1) is 6.92 Å². The number of hydrogen-bond donors (Lipinski definition) is 0. The molecule has 25 heavy (non-hydrogen) atoms. The molecule has 0 atom stereocenters. The summed E-state index contributed by atoms with van der Waals surface area (Å²) in [5.41, 5.74) is 2.70. The van der Waals surface area contributed by atoms with Gasteiger partial charge in [-0.05, 0) is 36.8 Å². The standard InChI is InChI=1S/C18H19N7/c1-14-12-20-18(21-13-14)25-10-8-24(9-11-25)17-6-5-16(22-23-17)15-4-2-3-7-19-15/h2-7,12-13H,8-11H2,1H3. The molecule has 0 aromatic carbocycles. The summed E-state index contributed by atoms with van der Waals surface area (Å²) >= 11 is 0. The van der Waals surface area contributed by atoms with Gasteiger partial charge in [0.15, 0.2) is 5.82 Å². The fourth-order valence-electron chi connectivity index (χ4n) is 2.83. The van der Waals surface area contributed by atoms with Crippen LogP contribution in [0.4, 0.5) is 11.8 Å². The van der Waals surface area contributed by atoms with Crippen LogP contribution in [0.2, 0.25) is 0 Å². The number of nitrogens with zero attached hydrogens (tertiary/aromatic N) is 7. The quantitative estimate of drug-likeness (QED) is 0.725. The highest BCUT2D eigenvalue weighted by atomic mass is 15.3. The molecule has 1 saturated heterocycles. The Morgan fingerprint density at radius 2 is 1.52 bits per heavy atom. The van der Waals surface area contributed by atoms with Crippen molar-refractivity contribution in [3.05, 3.63) is 54.5 Å². The minimum Gasteiger partial charge on any atom is -0.352 e. The van der Waals surface area contributed by atoms with E-state index >= 15 is 0 Å². The van der Waals surface area contributed by atoms with Crippen LogP contribution >= 0.6 is 0 Å². The van der Waals surface area contributed by atoms with Crippen molar-refractivity contribution in [2.45, 2.75) is 6.92 Å². The summed E-state index contributed by atoms with van der Waals surface area (Å²) in [5, 5.41) is 8.69. The third-order valence-electron chi connectivity index (χ3n) is 4.23. The molecule has 7 heteroatoms. The zero-order valence-electron chi connectivity index (χ0n) is 14.1. The first-order chi connectivity index (χ1) is 12.3. The Morgan fingerprint density at radius 1 is 0.760 bits per heavy atom. The van der Waals surface area contributed by atoms with E-state index in [1.165, 1.54) is 0 Å². The lowest BCUT2D eigenvalue weighted by Gasteiger charge is -2.35. The molecule has 0 bridgehead atoms. The second-order valence-corrected chi connectivity index (χ2v) is 6.03. The summed E-state index contributed by atoms with van der Waals surface area (Å²) < 4.78 is 0. The van der Waals surface area contributed by atoms with Gasteiger partial charge in [-0.25, -0.2) is 9.97 Å². The summed E-state index contributed by atoms with van der Waals surface area (Å²) in [4.78, 5) is 17.6.